The van der Waals surface area contributed by atoms with Crippen LogP contribution < -0.4 is 15.4 Å². The number of phenols is 1. The third-order valence-electron chi connectivity index (χ3n) is 4.75. The summed E-state index contributed by atoms with van der Waals surface area (Å²) in [5.74, 6) is -2.27. The van der Waals surface area contributed by atoms with Crippen LogP contribution in [0.15, 0.2) is 66.4 Å². The lowest BCUT2D eigenvalue weighted by molar-refractivity contribution is -0.138. The number of methoxy groups -OCH3 is 3. The predicted octanol–water partition coefficient (Wildman–Crippen LogP) is 3.45. The van der Waals surface area contributed by atoms with E-state index in [-0.39, 0.29) is 16.9 Å². The van der Waals surface area contributed by atoms with Gasteiger partial charge in [-0.25, -0.2) is 9.59 Å². The maximum Gasteiger partial charge on any atom is 0.354 e. The molecule has 0 aliphatic carbocycles. The summed E-state index contributed by atoms with van der Waals surface area (Å²) in [4.78, 5) is 37.0. The van der Waals surface area contributed by atoms with Gasteiger partial charge in [0, 0.05) is 5.39 Å². The summed E-state index contributed by atoms with van der Waals surface area (Å²) >= 11 is 0. The summed E-state index contributed by atoms with van der Waals surface area (Å²) in [6.07, 6.45) is 0.891. The van der Waals surface area contributed by atoms with E-state index < -0.39 is 23.6 Å². The topological polar surface area (TPSA) is 123 Å². The molecule has 0 atom stereocenters. The monoisotopic (exact) mass is 450 g/mol. The Kier molecular flexibility index (Phi) is 7.14. The number of anilines is 2. The molecule has 33 heavy (non-hydrogen) atoms. The molecule has 1 amide bonds. The number of benzene rings is 3. The average Bonchev–Trinajstić information content (AvgIpc) is 2.84. The highest BCUT2D eigenvalue weighted by Gasteiger charge is 2.22. The van der Waals surface area contributed by atoms with Gasteiger partial charge in [-0.1, -0.05) is 36.4 Å². The van der Waals surface area contributed by atoms with E-state index in [1.165, 1.54) is 13.2 Å². The number of phenolic OH excluding ortho intramolecular Hbond substituents is 1. The maximum atomic E-state index is 13.1. The van der Waals surface area contributed by atoms with Crippen molar-refractivity contribution in [1.29, 1.82) is 0 Å². The normalized spacial score (nSPS) is 10.9. The zero-order chi connectivity index (χ0) is 24.0. The second kappa shape index (κ2) is 10.2. The molecule has 0 radical (unpaired) electrons. The number of nitrogens with one attached hydrogen (secondary N) is 2. The number of hydrogen-bond acceptors (Lipinski definition) is 8. The lowest BCUT2D eigenvalue weighted by Gasteiger charge is -2.17. The van der Waals surface area contributed by atoms with Gasteiger partial charge < -0.3 is 30.0 Å². The van der Waals surface area contributed by atoms with Crippen molar-refractivity contribution in [3.05, 3.63) is 71.9 Å². The highest BCUT2D eigenvalue weighted by atomic mass is 16.5. The minimum Gasteiger partial charge on any atom is -0.505 e. The first-order chi connectivity index (χ1) is 15.9. The molecule has 0 aliphatic rings. The average molecular weight is 450 g/mol. The summed E-state index contributed by atoms with van der Waals surface area (Å²) in [6, 6.07) is 15.2. The van der Waals surface area contributed by atoms with Crippen LogP contribution in [0.2, 0.25) is 0 Å². The lowest BCUT2D eigenvalue weighted by atomic mass is 10.0. The fourth-order valence-electron chi connectivity index (χ4n) is 3.14. The molecular formula is C24H22N2O7. The van der Waals surface area contributed by atoms with Crippen LogP contribution in [0, 0.1) is 0 Å². The molecule has 0 unspecified atom stereocenters. The smallest absolute Gasteiger partial charge is 0.354 e. The highest BCUT2D eigenvalue weighted by molar-refractivity contribution is 6.13. The lowest BCUT2D eigenvalue weighted by Crippen LogP contribution is -2.17. The van der Waals surface area contributed by atoms with Crippen molar-refractivity contribution in [2.24, 2.45) is 0 Å². The number of carbonyl (C=O) groups excluding carboxylic acids is 3. The number of carbonyl (C=O) groups is 3. The van der Waals surface area contributed by atoms with Crippen LogP contribution in [0.25, 0.3) is 10.8 Å². The fraction of sp³-hybridized carbons (Fsp3) is 0.125. The number of esters is 2. The molecule has 0 saturated carbocycles. The maximum absolute atomic E-state index is 13.1. The highest BCUT2D eigenvalue weighted by Crippen LogP contribution is 2.38. The van der Waals surface area contributed by atoms with Gasteiger partial charge in [0.25, 0.3) is 5.91 Å². The Labute approximate surface area is 189 Å². The number of hydrogen-bond donors (Lipinski definition) is 3. The SMILES string of the molecule is COC(=O)/C=C(/Nc1c(O)c(C(=O)Nc2ccccc2OC)cc2ccccc12)C(=O)OC. The van der Waals surface area contributed by atoms with Crippen molar-refractivity contribution in [3.8, 4) is 11.5 Å². The Morgan fingerprint density at radius 1 is 0.909 bits per heavy atom. The number of rotatable bonds is 7. The number of para-hydroxylation sites is 2. The minimum absolute atomic E-state index is 0.0406. The molecule has 3 aromatic carbocycles. The van der Waals surface area contributed by atoms with Crippen LogP contribution in [0.3, 0.4) is 0 Å². The molecule has 0 spiro atoms. The van der Waals surface area contributed by atoms with Crippen LogP contribution in [0.1, 0.15) is 10.4 Å². The molecule has 0 fully saturated rings. The van der Waals surface area contributed by atoms with Gasteiger partial charge in [-0.2, -0.15) is 0 Å². The van der Waals surface area contributed by atoms with E-state index in [0.717, 1.165) is 20.3 Å². The molecular weight excluding hydrogens is 428 g/mol. The molecule has 3 N–H and O–H groups in total. The minimum atomic E-state index is -0.868. The second-order valence-electron chi connectivity index (χ2n) is 6.72. The Hall–Kier alpha value is -4.53. The van der Waals surface area contributed by atoms with Gasteiger partial charge in [0.2, 0.25) is 0 Å². The summed E-state index contributed by atoms with van der Waals surface area (Å²) in [5.41, 5.74) is 0.100. The zero-order valence-electron chi connectivity index (χ0n) is 18.2. The zero-order valence-corrected chi connectivity index (χ0v) is 18.2. The van der Waals surface area contributed by atoms with Crippen molar-refractivity contribution < 1.29 is 33.7 Å². The predicted molar refractivity (Wildman–Crippen MR) is 122 cm³/mol. The molecule has 9 nitrogen and oxygen atoms in total. The molecule has 0 aromatic heterocycles. The van der Waals surface area contributed by atoms with E-state index in [1.54, 1.807) is 48.5 Å². The van der Waals surface area contributed by atoms with Gasteiger partial charge in [0.05, 0.1) is 44.3 Å². The van der Waals surface area contributed by atoms with Crippen molar-refractivity contribution in [2.75, 3.05) is 32.0 Å². The molecule has 170 valence electrons. The van der Waals surface area contributed by atoms with Crippen LogP contribution in [0.5, 0.6) is 11.5 Å². The third-order valence-corrected chi connectivity index (χ3v) is 4.75. The first-order valence-electron chi connectivity index (χ1n) is 9.73. The van der Waals surface area contributed by atoms with Crippen molar-refractivity contribution in [2.45, 2.75) is 0 Å². The van der Waals surface area contributed by atoms with E-state index in [4.69, 9.17) is 9.47 Å². The van der Waals surface area contributed by atoms with E-state index >= 15 is 0 Å². The van der Waals surface area contributed by atoms with Crippen LogP contribution >= 0.6 is 0 Å². The van der Waals surface area contributed by atoms with Crippen molar-refractivity contribution >= 4 is 40.0 Å². The van der Waals surface area contributed by atoms with E-state index in [1.807, 2.05) is 0 Å². The number of aromatic hydroxyl groups is 1. The molecule has 0 bridgehead atoms. The Balaban J connectivity index is 2.11. The van der Waals surface area contributed by atoms with Crippen LogP contribution in [0.4, 0.5) is 11.4 Å². The quantitative estimate of drug-likeness (QED) is 0.284. The van der Waals surface area contributed by atoms with Crippen molar-refractivity contribution in [3.63, 3.8) is 0 Å². The van der Waals surface area contributed by atoms with E-state index in [2.05, 4.69) is 15.4 Å². The largest absolute Gasteiger partial charge is 0.505 e. The molecule has 0 aliphatic heterocycles. The number of amides is 1. The molecule has 3 aromatic rings. The van der Waals surface area contributed by atoms with Gasteiger partial charge in [-0.15, -0.1) is 0 Å². The van der Waals surface area contributed by atoms with Crippen molar-refractivity contribution in [1.82, 2.24) is 0 Å². The molecule has 9 heteroatoms. The number of ether oxygens (including phenoxy) is 3. The molecule has 3 rings (SSSR count). The summed E-state index contributed by atoms with van der Waals surface area (Å²) < 4.78 is 14.5. The first kappa shape index (κ1) is 23.1. The van der Waals surface area contributed by atoms with Gasteiger partial charge in [0.15, 0.2) is 5.75 Å². The van der Waals surface area contributed by atoms with Crippen LogP contribution in [-0.4, -0.2) is 44.3 Å². The van der Waals surface area contributed by atoms with Gasteiger partial charge in [-0.05, 0) is 23.6 Å². The Morgan fingerprint density at radius 3 is 2.30 bits per heavy atom. The molecule has 0 saturated heterocycles. The van der Waals surface area contributed by atoms with Gasteiger partial charge in [-0.3, -0.25) is 4.79 Å². The molecule has 0 heterocycles. The Morgan fingerprint density at radius 2 is 1.61 bits per heavy atom. The summed E-state index contributed by atoms with van der Waals surface area (Å²) in [6.45, 7) is 0. The Bertz CT molecular complexity index is 1250. The van der Waals surface area contributed by atoms with Crippen LogP contribution in [-0.2, 0) is 19.1 Å². The fourth-order valence-corrected chi connectivity index (χ4v) is 3.14. The van der Waals surface area contributed by atoms with E-state index in [0.29, 0.717) is 22.2 Å². The first-order valence-corrected chi connectivity index (χ1v) is 9.73. The summed E-state index contributed by atoms with van der Waals surface area (Å²) in [7, 11) is 3.77. The number of fused-ring (bicyclic) bond motifs is 1. The van der Waals surface area contributed by atoms with Gasteiger partial charge >= 0.3 is 11.9 Å². The third kappa shape index (κ3) is 5.04. The summed E-state index contributed by atoms with van der Waals surface area (Å²) in [5, 5.41) is 17.5. The standard InChI is InChI=1S/C24H22N2O7/c1-31-19-11-7-6-10-17(19)26-23(29)16-12-14-8-4-5-9-15(14)21(22(16)28)25-18(24(30)33-3)13-20(27)32-2/h4-13,25,28H,1-3H3,(H,26,29)/b18-13+. The van der Waals surface area contributed by atoms with Gasteiger partial charge in [0.1, 0.15) is 11.4 Å². The van der Waals surface area contributed by atoms with E-state index in [9.17, 15) is 19.5 Å². The second-order valence-corrected chi connectivity index (χ2v) is 6.72.